The van der Waals surface area contributed by atoms with Crippen LogP contribution in [0.2, 0.25) is 0 Å². The highest BCUT2D eigenvalue weighted by Gasteiger charge is 2.23. The molecule has 3 heterocycles. The first kappa shape index (κ1) is 21.6. The average Bonchev–Trinajstić information content (AvgIpc) is 3.38. The van der Waals surface area contributed by atoms with Crippen LogP contribution in [0.15, 0.2) is 41.3 Å². The Bertz CT molecular complexity index is 1160. The molecule has 164 valence electrons. The predicted molar refractivity (Wildman–Crippen MR) is 117 cm³/mol. The summed E-state index contributed by atoms with van der Waals surface area (Å²) in [5.74, 6) is 0.682. The summed E-state index contributed by atoms with van der Waals surface area (Å²) < 4.78 is 24.9. The molecule has 2 aromatic heterocycles. The maximum Gasteiger partial charge on any atom is 0.261 e. The Balaban J connectivity index is 1.34. The molecule has 1 saturated heterocycles. The number of likely N-dealkylation sites (tertiary alicyclic amines) is 1. The maximum absolute atomic E-state index is 12.4. The van der Waals surface area contributed by atoms with Crippen molar-refractivity contribution in [2.75, 3.05) is 19.3 Å². The molecule has 1 amide bonds. The molecule has 3 aromatic rings. The van der Waals surface area contributed by atoms with Crippen LogP contribution in [0.1, 0.15) is 33.2 Å². The monoisotopic (exact) mass is 460 g/mol. The van der Waals surface area contributed by atoms with Crippen molar-refractivity contribution in [3.63, 3.8) is 0 Å². The number of aryl methyl sites for hydroxylation is 1. The Morgan fingerprint density at radius 1 is 1.16 bits per heavy atom. The van der Waals surface area contributed by atoms with Crippen molar-refractivity contribution >= 4 is 27.1 Å². The lowest BCUT2D eigenvalue weighted by Crippen LogP contribution is -2.44. The number of tetrazole rings is 1. The van der Waals surface area contributed by atoms with Crippen LogP contribution in [0, 0.1) is 6.92 Å². The maximum atomic E-state index is 12.4. The van der Waals surface area contributed by atoms with Crippen molar-refractivity contribution in [3.05, 3.63) is 52.0 Å². The number of hydrogen-bond donors (Lipinski definition) is 1. The highest BCUT2D eigenvalue weighted by Crippen LogP contribution is 2.19. The summed E-state index contributed by atoms with van der Waals surface area (Å²) in [5.41, 5.74) is 0.709. The molecule has 1 aliphatic heterocycles. The summed E-state index contributed by atoms with van der Waals surface area (Å²) in [6, 6.07) is 10.5. The number of aromatic nitrogens is 4. The van der Waals surface area contributed by atoms with E-state index >= 15 is 0 Å². The van der Waals surface area contributed by atoms with E-state index in [-0.39, 0.29) is 16.8 Å². The Morgan fingerprint density at radius 3 is 2.48 bits per heavy atom. The molecule has 0 bridgehead atoms. The number of sulfone groups is 1. The van der Waals surface area contributed by atoms with Gasteiger partial charge in [-0.3, -0.25) is 9.69 Å². The third kappa shape index (κ3) is 5.17. The second-order valence-electron chi connectivity index (χ2n) is 7.71. The van der Waals surface area contributed by atoms with E-state index in [4.69, 9.17) is 0 Å². The van der Waals surface area contributed by atoms with Crippen molar-refractivity contribution in [3.8, 4) is 5.69 Å². The van der Waals surface area contributed by atoms with Gasteiger partial charge in [0.15, 0.2) is 15.7 Å². The quantitative estimate of drug-likeness (QED) is 0.597. The number of nitrogens with zero attached hydrogens (tertiary/aromatic N) is 5. The van der Waals surface area contributed by atoms with Gasteiger partial charge in [-0.15, -0.1) is 16.4 Å². The van der Waals surface area contributed by atoms with E-state index in [1.165, 1.54) is 17.6 Å². The van der Waals surface area contributed by atoms with Gasteiger partial charge >= 0.3 is 0 Å². The van der Waals surface area contributed by atoms with Crippen molar-refractivity contribution in [2.24, 2.45) is 0 Å². The number of piperidine rings is 1. The third-order valence-corrected chi connectivity index (χ3v) is 7.42. The van der Waals surface area contributed by atoms with E-state index in [1.807, 2.05) is 19.1 Å². The zero-order chi connectivity index (χ0) is 22.0. The van der Waals surface area contributed by atoms with E-state index in [9.17, 15) is 13.2 Å². The van der Waals surface area contributed by atoms with Gasteiger partial charge in [-0.2, -0.15) is 4.68 Å². The summed E-state index contributed by atoms with van der Waals surface area (Å²) in [4.78, 5) is 16.8. The van der Waals surface area contributed by atoms with Gasteiger partial charge in [-0.25, -0.2) is 8.42 Å². The second kappa shape index (κ2) is 8.85. The Labute approximate surface area is 185 Å². The first-order chi connectivity index (χ1) is 14.8. The molecule has 1 aromatic carbocycles. The molecule has 0 unspecified atom stereocenters. The average molecular weight is 461 g/mol. The van der Waals surface area contributed by atoms with E-state index < -0.39 is 9.84 Å². The van der Waals surface area contributed by atoms with Crippen LogP contribution in [0.25, 0.3) is 5.69 Å². The molecule has 11 heteroatoms. The van der Waals surface area contributed by atoms with Crippen molar-refractivity contribution in [2.45, 2.75) is 37.2 Å². The molecular formula is C20H24N6O3S2. The molecular weight excluding hydrogens is 436 g/mol. The predicted octanol–water partition coefficient (Wildman–Crippen LogP) is 1.83. The lowest BCUT2D eigenvalue weighted by Gasteiger charge is -2.31. The number of amides is 1. The third-order valence-electron chi connectivity index (χ3n) is 5.30. The van der Waals surface area contributed by atoms with Gasteiger partial charge in [0.1, 0.15) is 0 Å². The van der Waals surface area contributed by atoms with E-state index in [1.54, 1.807) is 28.9 Å². The van der Waals surface area contributed by atoms with Crippen molar-refractivity contribution in [1.29, 1.82) is 0 Å². The smallest absolute Gasteiger partial charge is 0.261 e. The Hall–Kier alpha value is -2.63. The fraction of sp³-hybridized carbons (Fsp3) is 0.400. The highest BCUT2D eigenvalue weighted by atomic mass is 32.2. The number of rotatable bonds is 6. The summed E-state index contributed by atoms with van der Waals surface area (Å²) >= 11 is 1.51. The fourth-order valence-corrected chi connectivity index (χ4v) is 4.99. The molecule has 1 fully saturated rings. The minimum Gasteiger partial charge on any atom is -0.349 e. The summed E-state index contributed by atoms with van der Waals surface area (Å²) in [5, 5.41) is 15.1. The first-order valence-electron chi connectivity index (χ1n) is 9.97. The second-order valence-corrected chi connectivity index (χ2v) is 11.0. The van der Waals surface area contributed by atoms with Gasteiger partial charge in [0.05, 0.1) is 22.0 Å². The van der Waals surface area contributed by atoms with E-state index in [2.05, 4.69) is 25.7 Å². The largest absolute Gasteiger partial charge is 0.349 e. The zero-order valence-corrected chi connectivity index (χ0v) is 19.0. The van der Waals surface area contributed by atoms with Gasteiger partial charge in [0.2, 0.25) is 0 Å². The molecule has 0 saturated carbocycles. The molecule has 1 N–H and O–H groups in total. The van der Waals surface area contributed by atoms with Gasteiger partial charge < -0.3 is 5.32 Å². The Kier molecular flexibility index (Phi) is 6.17. The molecule has 0 radical (unpaired) electrons. The molecule has 0 aliphatic carbocycles. The SMILES string of the molecule is Cc1ccc(C(=O)NC2CCN(Cc3nnnn3-c3ccc(S(C)(=O)=O)cc3)CC2)s1. The lowest BCUT2D eigenvalue weighted by molar-refractivity contribution is 0.0912. The van der Waals surface area contributed by atoms with Crippen LogP contribution in [-0.2, 0) is 16.4 Å². The summed E-state index contributed by atoms with van der Waals surface area (Å²) in [6.45, 7) is 4.22. The summed E-state index contributed by atoms with van der Waals surface area (Å²) in [7, 11) is -3.25. The van der Waals surface area contributed by atoms with Gasteiger partial charge in [-0.05, 0) is 66.6 Å². The van der Waals surface area contributed by atoms with Crippen LogP contribution in [-0.4, -0.2) is 64.8 Å². The van der Waals surface area contributed by atoms with Crippen LogP contribution in [0.3, 0.4) is 0 Å². The van der Waals surface area contributed by atoms with E-state index in [0.29, 0.717) is 18.1 Å². The Morgan fingerprint density at radius 2 is 1.87 bits per heavy atom. The topological polar surface area (TPSA) is 110 Å². The number of benzene rings is 1. The molecule has 31 heavy (non-hydrogen) atoms. The normalized spacial score (nSPS) is 15.8. The van der Waals surface area contributed by atoms with Crippen molar-refractivity contribution in [1.82, 2.24) is 30.4 Å². The molecule has 0 atom stereocenters. The lowest BCUT2D eigenvalue weighted by atomic mass is 10.0. The number of carbonyl (C=O) groups is 1. The number of carbonyl (C=O) groups excluding carboxylic acids is 1. The van der Waals surface area contributed by atoms with Crippen molar-refractivity contribution < 1.29 is 13.2 Å². The number of hydrogen-bond acceptors (Lipinski definition) is 8. The minimum absolute atomic E-state index is 0.00182. The van der Waals surface area contributed by atoms with Gasteiger partial charge in [0, 0.05) is 30.3 Å². The van der Waals surface area contributed by atoms with Gasteiger partial charge in [0.25, 0.3) is 5.91 Å². The minimum atomic E-state index is -3.25. The number of thiophene rings is 1. The standard InChI is InChI=1S/C20H24N6O3S2/c1-14-3-8-18(30-14)20(27)21-15-9-11-25(12-10-15)13-19-22-23-24-26(19)16-4-6-17(7-5-16)31(2,28)29/h3-8,15H,9-13H2,1-2H3,(H,21,27). The van der Waals surface area contributed by atoms with Crippen LogP contribution in [0.4, 0.5) is 0 Å². The molecule has 1 aliphatic rings. The van der Waals surface area contributed by atoms with Gasteiger partial charge in [-0.1, -0.05) is 0 Å². The molecule has 9 nitrogen and oxygen atoms in total. The number of nitrogens with one attached hydrogen (secondary N) is 1. The first-order valence-corrected chi connectivity index (χ1v) is 12.7. The molecule has 0 spiro atoms. The van der Waals surface area contributed by atoms with E-state index in [0.717, 1.165) is 35.7 Å². The highest BCUT2D eigenvalue weighted by molar-refractivity contribution is 7.90. The summed E-state index contributed by atoms with van der Waals surface area (Å²) in [6.07, 6.45) is 2.90. The molecule has 4 rings (SSSR count). The fourth-order valence-electron chi connectivity index (χ4n) is 3.59. The van der Waals surface area contributed by atoms with Crippen LogP contribution >= 0.6 is 11.3 Å². The van der Waals surface area contributed by atoms with Crippen LogP contribution < -0.4 is 5.32 Å². The zero-order valence-electron chi connectivity index (χ0n) is 17.4. The van der Waals surface area contributed by atoms with Crippen LogP contribution in [0.5, 0.6) is 0 Å².